The summed E-state index contributed by atoms with van der Waals surface area (Å²) in [5.74, 6) is 1.43. The molecular weight excluding hydrogens is 526 g/mol. The van der Waals surface area contributed by atoms with E-state index in [1.807, 2.05) is 12.1 Å². The minimum Gasteiger partial charge on any atom is -0.508 e. The summed E-state index contributed by atoms with van der Waals surface area (Å²) >= 11 is 0. The second kappa shape index (κ2) is 16.2. The highest BCUT2D eigenvalue weighted by Crippen LogP contribution is 2.53. The maximum Gasteiger partial charge on any atom is 0.234 e. The molecule has 2 aliphatic carbocycles. The van der Waals surface area contributed by atoms with Crippen LogP contribution < -0.4 is 10.6 Å². The van der Waals surface area contributed by atoms with Gasteiger partial charge in [0.1, 0.15) is 5.75 Å². The second-order valence-electron chi connectivity index (χ2n) is 11.8. The molecule has 1 aromatic rings. The Labute approximate surface area is 245 Å². The fraction of sp³-hybridized carbons (Fsp3) is 0.774. The fourth-order valence-corrected chi connectivity index (χ4v) is 6.30. The van der Waals surface area contributed by atoms with Gasteiger partial charge in [-0.25, -0.2) is 0 Å². The van der Waals surface area contributed by atoms with Gasteiger partial charge in [-0.1, -0.05) is 19.9 Å². The number of hydrogen-bond acceptors (Lipinski definition) is 9. The third-order valence-electron chi connectivity index (χ3n) is 8.95. The molecule has 1 heterocycles. The third-order valence-corrected chi connectivity index (χ3v) is 8.95. The summed E-state index contributed by atoms with van der Waals surface area (Å²) in [7, 11) is 1.65. The SMILES string of the molecule is COCCOCCOCCOCCOCCNCC(=O)NC1c2ccc(O)cc2[C@]2(C)CCN(CC3CC3)[C@H]1[C@@H]2C. The molecule has 2 fully saturated rings. The molecule has 4 rings (SSSR count). The van der Waals surface area contributed by atoms with Crippen molar-refractivity contribution in [3.05, 3.63) is 29.3 Å². The van der Waals surface area contributed by atoms with Gasteiger partial charge in [-0.05, 0) is 66.3 Å². The van der Waals surface area contributed by atoms with Gasteiger partial charge in [0.15, 0.2) is 0 Å². The molecule has 0 spiro atoms. The van der Waals surface area contributed by atoms with Gasteiger partial charge in [0, 0.05) is 26.2 Å². The summed E-state index contributed by atoms with van der Waals surface area (Å²) in [4.78, 5) is 15.7. The van der Waals surface area contributed by atoms with Crippen LogP contribution in [0.1, 0.15) is 50.3 Å². The number of fused-ring (bicyclic) bond motifs is 4. The number of hydrogen-bond donors (Lipinski definition) is 3. The number of piperidine rings is 1. The van der Waals surface area contributed by atoms with E-state index in [-0.39, 0.29) is 30.0 Å². The Hall–Kier alpha value is -1.79. The van der Waals surface area contributed by atoms with Crippen molar-refractivity contribution in [3.63, 3.8) is 0 Å². The highest BCUT2D eigenvalue weighted by molar-refractivity contribution is 5.79. The molecule has 3 aliphatic rings. The molecule has 0 aromatic heterocycles. The van der Waals surface area contributed by atoms with Crippen LogP contribution in [0, 0.1) is 11.8 Å². The van der Waals surface area contributed by atoms with Crippen LogP contribution in [0.4, 0.5) is 0 Å². The maximum atomic E-state index is 13.1. The number of nitrogens with one attached hydrogen (secondary N) is 2. The molecule has 10 nitrogen and oxygen atoms in total. The monoisotopic (exact) mass is 577 g/mol. The molecule has 1 aromatic carbocycles. The van der Waals surface area contributed by atoms with Gasteiger partial charge >= 0.3 is 0 Å². The number of aromatic hydroxyl groups is 1. The average molecular weight is 578 g/mol. The van der Waals surface area contributed by atoms with Crippen LogP contribution in [0.15, 0.2) is 18.2 Å². The number of phenols is 1. The molecule has 0 radical (unpaired) electrons. The Bertz CT molecular complexity index is 946. The summed E-state index contributed by atoms with van der Waals surface area (Å²) in [6.45, 7) is 12.4. The number of likely N-dealkylation sites (tertiary alicyclic amines) is 1. The largest absolute Gasteiger partial charge is 0.508 e. The lowest BCUT2D eigenvalue weighted by Crippen LogP contribution is -2.63. The van der Waals surface area contributed by atoms with Gasteiger partial charge in [0.2, 0.25) is 5.91 Å². The van der Waals surface area contributed by atoms with E-state index in [1.54, 1.807) is 13.2 Å². The topological polar surface area (TPSA) is 111 Å². The lowest BCUT2D eigenvalue weighted by molar-refractivity contribution is -0.122. The van der Waals surface area contributed by atoms with Crippen LogP contribution in [0.2, 0.25) is 0 Å². The molecule has 1 amide bonds. The van der Waals surface area contributed by atoms with Crippen LogP contribution >= 0.6 is 0 Å². The number of carbonyl (C=O) groups excluding carboxylic acids is 1. The Kier molecular flexibility index (Phi) is 12.7. The minimum absolute atomic E-state index is 0.00855. The zero-order valence-electron chi connectivity index (χ0n) is 25.2. The molecule has 1 saturated carbocycles. The molecule has 232 valence electrons. The molecular formula is C31H51N3O7. The number of ether oxygens (including phenoxy) is 5. The van der Waals surface area contributed by atoms with E-state index in [2.05, 4.69) is 29.4 Å². The van der Waals surface area contributed by atoms with Crippen molar-refractivity contribution in [1.82, 2.24) is 15.5 Å². The molecule has 3 N–H and O–H groups in total. The van der Waals surface area contributed by atoms with Gasteiger partial charge in [-0.2, -0.15) is 0 Å². The summed E-state index contributed by atoms with van der Waals surface area (Å²) < 4.78 is 26.8. The Morgan fingerprint density at radius 3 is 2.27 bits per heavy atom. The number of benzene rings is 1. The first-order chi connectivity index (χ1) is 19.9. The average Bonchev–Trinajstić information content (AvgIpc) is 3.78. The lowest BCUT2D eigenvalue weighted by Gasteiger charge is -2.57. The van der Waals surface area contributed by atoms with Crippen molar-refractivity contribution in [2.75, 3.05) is 92.8 Å². The van der Waals surface area contributed by atoms with Crippen molar-refractivity contribution in [2.45, 2.75) is 50.6 Å². The molecule has 41 heavy (non-hydrogen) atoms. The van der Waals surface area contributed by atoms with Crippen molar-refractivity contribution in [3.8, 4) is 5.75 Å². The Morgan fingerprint density at radius 1 is 1.00 bits per heavy atom. The smallest absolute Gasteiger partial charge is 0.234 e. The Balaban J connectivity index is 1.14. The Morgan fingerprint density at radius 2 is 1.63 bits per heavy atom. The van der Waals surface area contributed by atoms with Crippen LogP contribution in [0.5, 0.6) is 5.75 Å². The number of amides is 1. The fourth-order valence-electron chi connectivity index (χ4n) is 6.30. The first-order valence-corrected chi connectivity index (χ1v) is 15.3. The minimum atomic E-state index is -0.0948. The summed E-state index contributed by atoms with van der Waals surface area (Å²) in [6.07, 6.45) is 3.70. The number of methoxy groups -OCH3 is 1. The first-order valence-electron chi connectivity index (χ1n) is 15.3. The van der Waals surface area contributed by atoms with Crippen LogP contribution in [-0.2, 0) is 33.9 Å². The van der Waals surface area contributed by atoms with Crippen LogP contribution in [-0.4, -0.2) is 115 Å². The van der Waals surface area contributed by atoms with E-state index in [1.165, 1.54) is 18.4 Å². The van der Waals surface area contributed by atoms with Gasteiger partial charge in [0.05, 0.1) is 72.0 Å². The van der Waals surface area contributed by atoms with Crippen molar-refractivity contribution >= 4 is 5.91 Å². The number of phenolic OH excluding ortho intramolecular Hbond substituents is 1. The quantitative estimate of drug-likeness (QED) is 0.201. The standard InChI is InChI=1S/C31H51N3O7/c1-23-30-29(26-7-6-25(35)20-27(26)31(23,2)8-10-34(30)22-24-4-5-24)33-28(36)21-32-9-11-38-14-15-40-18-19-41-17-16-39-13-12-37-3/h6-7,20,23-24,29-30,32,35H,4-5,8-19,21-22H2,1-3H3,(H,33,36)/t23-,29?,30-,31+/m0/s1. The van der Waals surface area contributed by atoms with E-state index in [0.29, 0.717) is 77.7 Å². The lowest BCUT2D eigenvalue weighted by atomic mass is 9.57. The predicted octanol–water partition coefficient (Wildman–Crippen LogP) is 2.24. The molecule has 10 heteroatoms. The maximum absolute atomic E-state index is 13.1. The number of rotatable bonds is 20. The molecule has 1 aliphatic heterocycles. The normalized spacial score (nSPS) is 25.7. The molecule has 4 atom stereocenters. The van der Waals surface area contributed by atoms with Crippen molar-refractivity contribution in [2.24, 2.45) is 11.8 Å². The highest BCUT2D eigenvalue weighted by Gasteiger charge is 2.53. The summed E-state index contributed by atoms with van der Waals surface area (Å²) in [5, 5.41) is 16.9. The summed E-state index contributed by atoms with van der Waals surface area (Å²) in [6, 6.07) is 5.85. The highest BCUT2D eigenvalue weighted by atomic mass is 16.6. The van der Waals surface area contributed by atoms with Gasteiger partial charge < -0.3 is 39.4 Å². The van der Waals surface area contributed by atoms with E-state index >= 15 is 0 Å². The molecule has 1 unspecified atom stereocenters. The van der Waals surface area contributed by atoms with E-state index in [0.717, 1.165) is 31.0 Å². The molecule has 1 saturated heterocycles. The number of nitrogens with zero attached hydrogens (tertiary/aromatic N) is 1. The van der Waals surface area contributed by atoms with Crippen LogP contribution in [0.25, 0.3) is 0 Å². The van der Waals surface area contributed by atoms with E-state index in [9.17, 15) is 9.90 Å². The van der Waals surface area contributed by atoms with E-state index in [4.69, 9.17) is 23.7 Å². The molecule has 2 bridgehead atoms. The van der Waals surface area contributed by atoms with Crippen LogP contribution in [0.3, 0.4) is 0 Å². The third kappa shape index (κ3) is 9.10. The first kappa shape index (κ1) is 32.1. The van der Waals surface area contributed by atoms with Gasteiger partial charge in [0.25, 0.3) is 0 Å². The summed E-state index contributed by atoms with van der Waals surface area (Å²) in [5.41, 5.74) is 2.32. The second-order valence-corrected chi connectivity index (χ2v) is 11.8. The van der Waals surface area contributed by atoms with Gasteiger partial charge in [-0.3, -0.25) is 9.69 Å². The zero-order chi connectivity index (χ0) is 29.1. The van der Waals surface area contributed by atoms with E-state index < -0.39 is 0 Å². The number of carbonyl (C=O) groups is 1. The van der Waals surface area contributed by atoms with Crippen molar-refractivity contribution in [1.29, 1.82) is 0 Å². The zero-order valence-corrected chi connectivity index (χ0v) is 25.2. The van der Waals surface area contributed by atoms with Gasteiger partial charge in [-0.15, -0.1) is 0 Å². The predicted molar refractivity (Wildman–Crippen MR) is 156 cm³/mol. The van der Waals surface area contributed by atoms with Crippen molar-refractivity contribution < 1.29 is 33.6 Å².